The van der Waals surface area contributed by atoms with E-state index in [1.165, 1.54) is 45.1 Å². The van der Waals surface area contributed by atoms with E-state index in [1.807, 2.05) is 0 Å². The normalized spacial score (nSPS) is 23.7. The van der Waals surface area contributed by atoms with Gasteiger partial charge in [-0.1, -0.05) is 20.3 Å². The van der Waals surface area contributed by atoms with Gasteiger partial charge in [0.05, 0.1) is 0 Å². The Morgan fingerprint density at radius 3 is 2.06 bits per heavy atom. The van der Waals surface area contributed by atoms with Crippen LogP contribution < -0.4 is 0 Å². The zero-order valence-electron chi connectivity index (χ0n) is 11.5. The number of hydrogen-bond donors (Lipinski definition) is 0. The summed E-state index contributed by atoms with van der Waals surface area (Å²) in [5.74, 6) is 1.87. The van der Waals surface area contributed by atoms with Gasteiger partial charge in [-0.3, -0.25) is 0 Å². The minimum Gasteiger partial charge on any atom is -0.303 e. The predicted octanol–water partition coefficient (Wildman–Crippen LogP) is 3.11. The molecule has 0 bridgehead atoms. The minimum absolute atomic E-state index is 0.113. The molecule has 2 nitrogen and oxygen atoms in total. The number of hydrogen-bond acceptors (Lipinski definition) is 2. The molecule has 2 aliphatic rings. The summed E-state index contributed by atoms with van der Waals surface area (Å²) >= 11 is 0. The van der Waals surface area contributed by atoms with Gasteiger partial charge < -0.3 is 9.69 Å². The highest BCUT2D eigenvalue weighted by Crippen LogP contribution is 2.35. The molecule has 98 valence electrons. The Morgan fingerprint density at radius 1 is 1.18 bits per heavy atom. The van der Waals surface area contributed by atoms with Crippen molar-refractivity contribution in [1.29, 1.82) is 0 Å². The summed E-state index contributed by atoms with van der Waals surface area (Å²) in [5, 5.41) is 0. The third kappa shape index (κ3) is 4.42. The second kappa shape index (κ2) is 5.51. The smallest absolute Gasteiger partial charge is 0.127 e. The van der Waals surface area contributed by atoms with Crippen LogP contribution in [0.5, 0.6) is 0 Å². The molecule has 0 aromatic rings. The van der Waals surface area contributed by atoms with Crippen LogP contribution in [0.2, 0.25) is 0 Å². The summed E-state index contributed by atoms with van der Waals surface area (Å²) in [6.45, 7) is 7.77. The maximum atomic E-state index is 11.3. The Hall–Kier alpha value is -0.370. The van der Waals surface area contributed by atoms with Crippen LogP contribution in [-0.4, -0.2) is 30.8 Å². The molecular weight excluding hydrogens is 210 g/mol. The van der Waals surface area contributed by atoms with Gasteiger partial charge >= 0.3 is 0 Å². The van der Waals surface area contributed by atoms with Gasteiger partial charge in [0.2, 0.25) is 0 Å². The van der Waals surface area contributed by atoms with Crippen molar-refractivity contribution in [3.05, 3.63) is 0 Å². The lowest BCUT2D eigenvalue weighted by Gasteiger charge is -2.31. The van der Waals surface area contributed by atoms with Crippen LogP contribution >= 0.6 is 0 Å². The zero-order valence-corrected chi connectivity index (χ0v) is 11.5. The van der Waals surface area contributed by atoms with E-state index in [0.717, 1.165) is 31.2 Å². The van der Waals surface area contributed by atoms with Gasteiger partial charge in [0.25, 0.3) is 0 Å². The average molecular weight is 237 g/mol. The van der Waals surface area contributed by atoms with Crippen LogP contribution in [-0.2, 0) is 4.79 Å². The molecule has 0 heterocycles. The number of nitrogens with zero attached hydrogens (tertiary/aromatic N) is 1. The maximum Gasteiger partial charge on any atom is 0.127 e. The van der Waals surface area contributed by atoms with Crippen molar-refractivity contribution >= 4 is 6.29 Å². The summed E-state index contributed by atoms with van der Waals surface area (Å²) in [6.07, 6.45) is 8.97. The van der Waals surface area contributed by atoms with Gasteiger partial charge in [-0.25, -0.2) is 0 Å². The van der Waals surface area contributed by atoms with E-state index in [4.69, 9.17) is 0 Å². The van der Waals surface area contributed by atoms with Crippen LogP contribution in [0.15, 0.2) is 0 Å². The van der Waals surface area contributed by atoms with Crippen molar-refractivity contribution in [2.75, 3.05) is 19.6 Å². The number of carbonyl (C=O) groups excluding carboxylic acids is 1. The third-order valence-corrected chi connectivity index (χ3v) is 4.12. The van der Waals surface area contributed by atoms with E-state index in [0.29, 0.717) is 0 Å². The topological polar surface area (TPSA) is 20.3 Å². The fourth-order valence-electron chi connectivity index (χ4n) is 2.79. The first-order chi connectivity index (χ1) is 8.15. The lowest BCUT2D eigenvalue weighted by Crippen LogP contribution is -2.39. The summed E-state index contributed by atoms with van der Waals surface area (Å²) in [4.78, 5) is 13.9. The predicted molar refractivity (Wildman–Crippen MR) is 71.0 cm³/mol. The summed E-state index contributed by atoms with van der Waals surface area (Å²) in [5.41, 5.74) is -0.113. The molecule has 2 fully saturated rings. The summed E-state index contributed by atoms with van der Waals surface area (Å²) in [6, 6.07) is 0. The Labute approximate surface area is 106 Å². The first kappa shape index (κ1) is 13.1. The van der Waals surface area contributed by atoms with Crippen LogP contribution in [0.1, 0.15) is 52.4 Å². The molecule has 0 aromatic heterocycles. The third-order valence-electron chi connectivity index (χ3n) is 4.12. The minimum atomic E-state index is -0.113. The van der Waals surface area contributed by atoms with E-state index < -0.39 is 0 Å². The first-order valence-corrected chi connectivity index (χ1v) is 7.34. The van der Waals surface area contributed by atoms with E-state index in [2.05, 4.69) is 18.7 Å². The van der Waals surface area contributed by atoms with E-state index >= 15 is 0 Å². The molecule has 0 aromatic carbocycles. The molecular formula is C15H27NO. The van der Waals surface area contributed by atoms with Gasteiger partial charge in [0, 0.05) is 25.0 Å². The standard InChI is InChI=1S/C15H27NO/c1-3-8-15(2,12-17)11-16(9-13-4-5-13)10-14-6-7-14/h12-14H,3-11H2,1-2H3. The van der Waals surface area contributed by atoms with Gasteiger partial charge in [-0.05, 0) is 43.9 Å². The largest absolute Gasteiger partial charge is 0.303 e. The molecule has 0 radical (unpaired) electrons. The van der Waals surface area contributed by atoms with Crippen molar-refractivity contribution in [3.63, 3.8) is 0 Å². The molecule has 17 heavy (non-hydrogen) atoms. The highest BCUT2D eigenvalue weighted by molar-refractivity contribution is 5.59. The highest BCUT2D eigenvalue weighted by atomic mass is 16.1. The number of carbonyl (C=O) groups is 1. The molecule has 0 N–H and O–H groups in total. The Morgan fingerprint density at radius 2 is 1.71 bits per heavy atom. The highest BCUT2D eigenvalue weighted by Gasteiger charge is 2.33. The molecule has 2 saturated carbocycles. The van der Waals surface area contributed by atoms with Gasteiger partial charge in [-0.2, -0.15) is 0 Å². The second-order valence-corrected chi connectivity index (χ2v) is 6.60. The molecule has 1 atom stereocenters. The van der Waals surface area contributed by atoms with E-state index in [-0.39, 0.29) is 5.41 Å². The van der Waals surface area contributed by atoms with Crippen LogP contribution in [0.25, 0.3) is 0 Å². The van der Waals surface area contributed by atoms with Gasteiger partial charge in [-0.15, -0.1) is 0 Å². The zero-order chi connectivity index (χ0) is 12.3. The lowest BCUT2D eigenvalue weighted by molar-refractivity contribution is -0.116. The monoisotopic (exact) mass is 237 g/mol. The number of rotatable bonds is 9. The quantitative estimate of drug-likeness (QED) is 0.574. The Balaban J connectivity index is 1.85. The second-order valence-electron chi connectivity index (χ2n) is 6.60. The van der Waals surface area contributed by atoms with Crippen molar-refractivity contribution in [3.8, 4) is 0 Å². The van der Waals surface area contributed by atoms with Crippen molar-refractivity contribution in [2.45, 2.75) is 52.4 Å². The Bertz CT molecular complexity index is 244. The fourth-order valence-corrected chi connectivity index (χ4v) is 2.79. The Kier molecular flexibility index (Phi) is 4.24. The van der Waals surface area contributed by atoms with Crippen LogP contribution in [0.3, 0.4) is 0 Å². The molecule has 2 aliphatic carbocycles. The van der Waals surface area contributed by atoms with Gasteiger partial charge in [0.1, 0.15) is 6.29 Å². The van der Waals surface area contributed by atoms with Crippen LogP contribution in [0, 0.1) is 17.3 Å². The fraction of sp³-hybridized carbons (Fsp3) is 0.933. The van der Waals surface area contributed by atoms with Crippen molar-refractivity contribution in [2.24, 2.45) is 17.3 Å². The average Bonchev–Trinajstić information content (AvgIpc) is 3.14. The molecule has 2 heteroatoms. The van der Waals surface area contributed by atoms with Crippen molar-refractivity contribution in [1.82, 2.24) is 4.90 Å². The maximum absolute atomic E-state index is 11.3. The SMILES string of the molecule is CCCC(C)(C=O)CN(CC1CC1)CC1CC1. The lowest BCUT2D eigenvalue weighted by atomic mass is 9.86. The van der Waals surface area contributed by atoms with E-state index in [9.17, 15) is 4.79 Å². The molecule has 0 spiro atoms. The molecule has 0 aliphatic heterocycles. The summed E-state index contributed by atoms with van der Waals surface area (Å²) < 4.78 is 0. The molecule has 2 rings (SSSR count). The van der Waals surface area contributed by atoms with Crippen molar-refractivity contribution < 1.29 is 4.79 Å². The molecule has 1 unspecified atom stereocenters. The first-order valence-electron chi connectivity index (χ1n) is 7.34. The molecule has 0 saturated heterocycles. The van der Waals surface area contributed by atoms with Crippen LogP contribution in [0.4, 0.5) is 0 Å². The summed E-state index contributed by atoms with van der Waals surface area (Å²) in [7, 11) is 0. The van der Waals surface area contributed by atoms with E-state index in [1.54, 1.807) is 0 Å². The number of aldehydes is 1. The van der Waals surface area contributed by atoms with Gasteiger partial charge in [0.15, 0.2) is 0 Å². The molecule has 0 amide bonds.